The van der Waals surface area contributed by atoms with Crippen molar-refractivity contribution in [1.82, 2.24) is 24.3 Å². The number of hydrogen-bond acceptors (Lipinski definition) is 5. The van der Waals surface area contributed by atoms with Crippen LogP contribution in [0.3, 0.4) is 0 Å². The van der Waals surface area contributed by atoms with Crippen LogP contribution in [0.15, 0.2) is 23.8 Å². The monoisotopic (exact) mass is 497 g/mol. The van der Waals surface area contributed by atoms with Gasteiger partial charge in [0.25, 0.3) is 5.91 Å². The van der Waals surface area contributed by atoms with E-state index in [1.807, 2.05) is 4.57 Å². The third-order valence-corrected chi connectivity index (χ3v) is 6.63. The van der Waals surface area contributed by atoms with E-state index >= 15 is 0 Å². The second-order valence-corrected chi connectivity index (χ2v) is 8.98. The highest BCUT2D eigenvalue weighted by molar-refractivity contribution is 7.13. The first kappa shape index (κ1) is 24.6. The number of hydrogen-bond donors (Lipinski definition) is 0. The lowest BCUT2D eigenvalue weighted by Crippen LogP contribution is -2.25. The zero-order valence-electron chi connectivity index (χ0n) is 18.3. The average molecular weight is 498 g/mol. The lowest BCUT2D eigenvalue weighted by atomic mass is 10.1. The summed E-state index contributed by atoms with van der Waals surface area (Å²) in [5, 5.41) is 2.72. The van der Waals surface area contributed by atoms with Crippen molar-refractivity contribution >= 4 is 41.3 Å². The molecule has 2 aromatic heterocycles. The molecular formula is C22H26Cl2FN5OS. The van der Waals surface area contributed by atoms with Gasteiger partial charge in [-0.2, -0.15) is 0 Å². The molecule has 172 valence electrons. The van der Waals surface area contributed by atoms with Crippen molar-refractivity contribution in [3.8, 4) is 16.4 Å². The minimum atomic E-state index is -0.612. The fourth-order valence-electron chi connectivity index (χ4n) is 3.96. The first-order chi connectivity index (χ1) is 14.9. The Bertz CT molecular complexity index is 1110. The maximum Gasteiger partial charge on any atom is 0.257 e. The molecule has 0 saturated heterocycles. The Labute approximate surface area is 202 Å². The largest absolute Gasteiger partial charge is 0.336 e. The van der Waals surface area contributed by atoms with Crippen LogP contribution in [0.5, 0.6) is 0 Å². The summed E-state index contributed by atoms with van der Waals surface area (Å²) in [6.45, 7) is 7.59. The van der Waals surface area contributed by atoms with E-state index in [2.05, 4.69) is 29.1 Å². The molecule has 4 rings (SSSR count). The van der Waals surface area contributed by atoms with Crippen LogP contribution in [0.1, 0.15) is 48.4 Å². The van der Waals surface area contributed by atoms with Gasteiger partial charge in [-0.15, -0.1) is 23.7 Å². The lowest BCUT2D eigenvalue weighted by molar-refractivity contribution is 0.0788. The molecule has 6 nitrogen and oxygen atoms in total. The van der Waals surface area contributed by atoms with Gasteiger partial charge in [-0.3, -0.25) is 14.3 Å². The predicted octanol–water partition coefficient (Wildman–Crippen LogP) is 5.42. The second kappa shape index (κ2) is 10.3. The Balaban J connectivity index is 0.00000289. The van der Waals surface area contributed by atoms with Crippen LogP contribution in [0.2, 0.25) is 5.02 Å². The molecule has 0 saturated carbocycles. The number of imidazole rings is 1. The SMILES string of the molecule is CCCN(CCC)Cc1csc(-c2ncn3c2CN(C)C(=O)c2c-3ccc(F)c2Cl)n1.Cl. The van der Waals surface area contributed by atoms with Gasteiger partial charge in [-0.1, -0.05) is 25.4 Å². The Hall–Kier alpha value is -2.00. The summed E-state index contributed by atoms with van der Waals surface area (Å²) in [7, 11) is 1.68. The van der Waals surface area contributed by atoms with Gasteiger partial charge in [0.15, 0.2) is 0 Å². The molecule has 1 aromatic carbocycles. The van der Waals surface area contributed by atoms with Crippen molar-refractivity contribution in [1.29, 1.82) is 0 Å². The predicted molar refractivity (Wildman–Crippen MR) is 129 cm³/mol. The molecule has 3 aromatic rings. The Kier molecular flexibility index (Phi) is 7.92. The van der Waals surface area contributed by atoms with Gasteiger partial charge in [0.2, 0.25) is 0 Å². The number of nitrogens with zero attached hydrogens (tertiary/aromatic N) is 5. The van der Waals surface area contributed by atoms with Crippen molar-refractivity contribution in [2.24, 2.45) is 0 Å². The van der Waals surface area contributed by atoms with Crippen LogP contribution in [-0.4, -0.2) is 50.4 Å². The van der Waals surface area contributed by atoms with Crippen molar-refractivity contribution in [3.63, 3.8) is 0 Å². The van der Waals surface area contributed by atoms with Crippen LogP contribution in [0, 0.1) is 5.82 Å². The number of thiazole rings is 1. The highest BCUT2D eigenvalue weighted by Crippen LogP contribution is 2.35. The van der Waals surface area contributed by atoms with Gasteiger partial charge < -0.3 is 4.90 Å². The van der Waals surface area contributed by atoms with Crippen LogP contribution >= 0.6 is 35.3 Å². The summed E-state index contributed by atoms with van der Waals surface area (Å²) in [6.07, 6.45) is 3.87. The number of rotatable bonds is 7. The molecule has 3 heterocycles. The Morgan fingerprint density at radius 1 is 1.25 bits per heavy atom. The molecule has 0 bridgehead atoms. The van der Waals surface area contributed by atoms with Gasteiger partial charge >= 0.3 is 0 Å². The molecule has 1 aliphatic heterocycles. The average Bonchev–Trinajstić information content (AvgIpc) is 3.34. The fraction of sp³-hybridized carbons (Fsp3) is 0.409. The van der Waals surface area contributed by atoms with E-state index in [0.29, 0.717) is 12.2 Å². The molecule has 32 heavy (non-hydrogen) atoms. The third-order valence-electron chi connectivity index (χ3n) is 5.37. The molecule has 0 unspecified atom stereocenters. The number of halogens is 3. The number of amides is 1. The zero-order valence-corrected chi connectivity index (χ0v) is 20.7. The molecule has 0 spiro atoms. The van der Waals surface area contributed by atoms with Crippen molar-refractivity contribution in [2.45, 2.75) is 39.8 Å². The minimum absolute atomic E-state index is 0. The van der Waals surface area contributed by atoms with Gasteiger partial charge in [0.05, 0.1) is 34.2 Å². The normalized spacial score (nSPS) is 13.1. The van der Waals surface area contributed by atoms with Crippen molar-refractivity contribution in [3.05, 3.63) is 51.6 Å². The van der Waals surface area contributed by atoms with Gasteiger partial charge in [-0.25, -0.2) is 14.4 Å². The van der Waals surface area contributed by atoms with Gasteiger partial charge in [0, 0.05) is 19.0 Å². The smallest absolute Gasteiger partial charge is 0.257 e. The maximum absolute atomic E-state index is 14.1. The molecule has 1 aliphatic rings. The highest BCUT2D eigenvalue weighted by atomic mass is 35.5. The maximum atomic E-state index is 14.1. The molecule has 0 aliphatic carbocycles. The second-order valence-electron chi connectivity index (χ2n) is 7.75. The van der Waals surface area contributed by atoms with Crippen LogP contribution < -0.4 is 0 Å². The van der Waals surface area contributed by atoms with Crippen LogP contribution in [0.4, 0.5) is 4.39 Å². The summed E-state index contributed by atoms with van der Waals surface area (Å²) in [6, 6.07) is 2.85. The lowest BCUT2D eigenvalue weighted by Gasteiger charge is -2.19. The summed E-state index contributed by atoms with van der Waals surface area (Å²) >= 11 is 7.72. The number of carbonyl (C=O) groups is 1. The summed E-state index contributed by atoms with van der Waals surface area (Å²) in [5.41, 5.74) is 3.27. The minimum Gasteiger partial charge on any atom is -0.336 e. The Morgan fingerprint density at radius 3 is 2.66 bits per heavy atom. The number of carbonyl (C=O) groups excluding carboxylic acids is 1. The number of aromatic nitrogens is 3. The molecule has 0 radical (unpaired) electrons. The number of benzene rings is 1. The first-order valence-corrected chi connectivity index (χ1v) is 11.7. The topological polar surface area (TPSA) is 54.3 Å². The summed E-state index contributed by atoms with van der Waals surface area (Å²) in [4.78, 5) is 26.3. The number of fused-ring (bicyclic) bond motifs is 3. The summed E-state index contributed by atoms with van der Waals surface area (Å²) < 4.78 is 15.9. The van der Waals surface area contributed by atoms with E-state index in [0.717, 1.165) is 54.6 Å². The van der Waals surface area contributed by atoms with E-state index < -0.39 is 5.82 Å². The van der Waals surface area contributed by atoms with E-state index in [-0.39, 0.29) is 28.9 Å². The quantitative estimate of drug-likeness (QED) is 0.437. The van der Waals surface area contributed by atoms with E-state index in [1.54, 1.807) is 30.8 Å². The first-order valence-electron chi connectivity index (χ1n) is 10.4. The third kappa shape index (κ3) is 4.55. The van der Waals surface area contributed by atoms with Crippen LogP contribution in [-0.2, 0) is 13.1 Å². The molecular weight excluding hydrogens is 472 g/mol. The van der Waals surface area contributed by atoms with E-state index in [9.17, 15) is 9.18 Å². The van der Waals surface area contributed by atoms with E-state index in [4.69, 9.17) is 16.6 Å². The van der Waals surface area contributed by atoms with Gasteiger partial charge in [-0.05, 0) is 38.1 Å². The van der Waals surface area contributed by atoms with Gasteiger partial charge in [0.1, 0.15) is 22.8 Å². The van der Waals surface area contributed by atoms with Crippen molar-refractivity contribution < 1.29 is 9.18 Å². The van der Waals surface area contributed by atoms with Crippen molar-refractivity contribution in [2.75, 3.05) is 20.1 Å². The standard InChI is InChI=1S/C22H25ClFN5OS.ClH/c1-4-8-28(9-5-2)10-14-12-31-21(26-14)20-17-11-27(3)22(30)18-16(29(17)13-25-20)7-6-15(24)19(18)23;/h6-7,12-13H,4-5,8-11H2,1-3H3;1H. The Morgan fingerprint density at radius 2 is 1.97 bits per heavy atom. The zero-order chi connectivity index (χ0) is 22.1. The molecule has 10 heteroatoms. The summed E-state index contributed by atoms with van der Waals surface area (Å²) in [5.74, 6) is -0.928. The fourth-order valence-corrected chi connectivity index (χ4v) is 5.03. The van der Waals surface area contributed by atoms with E-state index in [1.165, 1.54) is 11.0 Å². The molecule has 0 fully saturated rings. The van der Waals surface area contributed by atoms with Crippen LogP contribution in [0.25, 0.3) is 16.4 Å². The highest BCUT2D eigenvalue weighted by Gasteiger charge is 2.30. The molecule has 0 atom stereocenters. The molecule has 0 N–H and O–H groups in total. The molecule has 1 amide bonds.